The normalized spacial score (nSPS) is 15.0. The summed E-state index contributed by atoms with van der Waals surface area (Å²) >= 11 is 0. The third kappa shape index (κ3) is 3.09. The molecule has 0 radical (unpaired) electrons. The number of benzene rings is 1. The van der Waals surface area contributed by atoms with Crippen molar-refractivity contribution in [1.82, 2.24) is 0 Å². The maximum absolute atomic E-state index is 14.0. The Morgan fingerprint density at radius 3 is 1.74 bits per heavy atom. The van der Waals surface area contributed by atoms with Crippen LogP contribution >= 0.6 is 0 Å². The average Bonchev–Trinajstić information content (AvgIpc) is 2.40. The molecule has 0 aliphatic heterocycles. The first-order valence-corrected chi connectivity index (χ1v) is 7.01. The molecular formula is C16H20F3NO3. The monoisotopic (exact) mass is 333 g/mol. The molecular weight excluding hydrogens is 311 g/mol. The van der Waals surface area contributed by atoms with Crippen LogP contribution in [0.15, 0.2) is 0 Å². The first kappa shape index (κ1) is 17.4. The number of rotatable bonds is 5. The van der Waals surface area contributed by atoms with E-state index in [1.54, 1.807) is 20.8 Å². The zero-order valence-electron chi connectivity index (χ0n) is 14.7. The second-order valence-corrected chi connectivity index (χ2v) is 5.89. The fraction of sp³-hybridized carbons (Fsp3) is 0.562. The van der Waals surface area contributed by atoms with Gasteiger partial charge in [-0.2, -0.15) is 13.2 Å². The molecule has 128 valence electrons. The molecule has 1 rings (SSSR count). The fourth-order valence-corrected chi connectivity index (χ4v) is 3.12. The van der Waals surface area contributed by atoms with Crippen LogP contribution in [0.2, 0.25) is 0 Å². The fourth-order valence-electron chi connectivity index (χ4n) is 3.12. The van der Waals surface area contributed by atoms with Crippen LogP contribution in [0.5, 0.6) is 0 Å². The van der Waals surface area contributed by atoms with Gasteiger partial charge in [0.15, 0.2) is 5.41 Å². The van der Waals surface area contributed by atoms with E-state index in [1.165, 1.54) is 13.8 Å². The van der Waals surface area contributed by atoms with Gasteiger partial charge in [-0.15, -0.1) is 0 Å². The highest BCUT2D eigenvalue weighted by atomic mass is 19.4. The maximum atomic E-state index is 14.0. The van der Waals surface area contributed by atoms with Crippen molar-refractivity contribution in [2.45, 2.75) is 52.6 Å². The lowest BCUT2D eigenvalue weighted by molar-refractivity contribution is -0.501. The Morgan fingerprint density at radius 1 is 1.04 bits per heavy atom. The lowest BCUT2D eigenvalue weighted by Gasteiger charge is -2.35. The molecule has 0 N–H and O–H groups in total. The van der Waals surface area contributed by atoms with E-state index >= 15 is 0 Å². The van der Waals surface area contributed by atoms with Crippen LogP contribution < -0.4 is 0 Å². The Balaban J connectivity index is 3.99. The third-order valence-corrected chi connectivity index (χ3v) is 4.79. The lowest BCUT2D eigenvalue weighted by atomic mass is 9.71. The highest BCUT2D eigenvalue weighted by Crippen LogP contribution is 2.47. The number of hydrogen-bond acceptors (Lipinski definition) is 3. The maximum Gasteiger partial charge on any atom is 0.405 e. The third-order valence-electron chi connectivity index (χ3n) is 4.79. The minimum absolute atomic E-state index is 0.257. The molecule has 0 aromatic heterocycles. The molecule has 23 heavy (non-hydrogen) atoms. The lowest BCUT2D eigenvalue weighted by Crippen LogP contribution is -2.49. The van der Waals surface area contributed by atoms with Crippen LogP contribution in [0, 0.1) is 44.7 Å². The van der Waals surface area contributed by atoms with E-state index in [2.05, 4.69) is 0 Å². The highest BCUT2D eigenvalue weighted by molar-refractivity contribution is 5.59. The highest BCUT2D eigenvalue weighted by Gasteiger charge is 2.60. The van der Waals surface area contributed by atoms with Crippen LogP contribution in [0.1, 0.15) is 41.2 Å². The molecule has 0 saturated carbocycles. The Bertz CT molecular complexity index is 654. The van der Waals surface area contributed by atoms with Crippen molar-refractivity contribution in [2.75, 3.05) is 6.54 Å². The predicted octanol–water partition coefficient (Wildman–Crippen LogP) is 3.89. The van der Waals surface area contributed by atoms with Crippen molar-refractivity contribution in [3.05, 3.63) is 43.5 Å². The van der Waals surface area contributed by atoms with Crippen molar-refractivity contribution >= 4 is 6.26 Å². The van der Waals surface area contributed by atoms with Gasteiger partial charge >= 0.3 is 6.18 Å². The number of halogens is 3. The molecule has 1 unspecified atom stereocenters. The van der Waals surface area contributed by atoms with Crippen molar-refractivity contribution < 1.29 is 24.3 Å². The summed E-state index contributed by atoms with van der Waals surface area (Å²) in [7, 11) is 0. The van der Waals surface area contributed by atoms with Gasteiger partial charge in [-0.25, -0.2) is 0 Å². The predicted molar refractivity (Wildman–Crippen MR) is 80.4 cm³/mol. The molecule has 4 nitrogen and oxygen atoms in total. The van der Waals surface area contributed by atoms with Crippen molar-refractivity contribution in [3.8, 4) is 0 Å². The van der Waals surface area contributed by atoms with Gasteiger partial charge in [-0.3, -0.25) is 10.1 Å². The SMILES string of the molecule is [3H]C(=O)CC(C[N+](=O)[O-])(c1c(C)c(C)c(C)c(C)c1C)C(F)(F)F. The number of alkyl halides is 3. The van der Waals surface area contributed by atoms with E-state index in [9.17, 15) is 28.1 Å². The summed E-state index contributed by atoms with van der Waals surface area (Å²) in [6.45, 7) is 6.53. The molecule has 0 saturated heterocycles. The van der Waals surface area contributed by atoms with Crippen LogP contribution in [-0.4, -0.2) is 23.9 Å². The Labute approximate surface area is 134 Å². The van der Waals surface area contributed by atoms with Crippen molar-refractivity contribution in [3.63, 3.8) is 0 Å². The van der Waals surface area contributed by atoms with Crippen LogP contribution in [0.3, 0.4) is 0 Å². The summed E-state index contributed by atoms with van der Waals surface area (Å²) in [4.78, 5) is 21.2. The molecule has 0 heterocycles. The molecule has 0 aliphatic carbocycles. The number of aldehydes is 1. The number of carbonyl (C=O) groups excluding carboxylic acids is 1. The van der Waals surface area contributed by atoms with Gasteiger partial charge in [-0.05, 0) is 68.0 Å². The molecule has 0 aliphatic rings. The zero-order valence-corrected chi connectivity index (χ0v) is 13.7. The van der Waals surface area contributed by atoms with Crippen molar-refractivity contribution in [1.29, 1.82) is 0 Å². The minimum atomic E-state index is -5.04. The van der Waals surface area contributed by atoms with Crippen LogP contribution in [-0.2, 0) is 10.2 Å². The number of carbonyl (C=O) groups is 1. The summed E-state index contributed by atoms with van der Waals surface area (Å²) in [6.07, 6.45) is -7.80. The molecule has 1 aromatic carbocycles. The van der Waals surface area contributed by atoms with Gasteiger partial charge in [-0.1, -0.05) is 0 Å². The number of hydrogen-bond donors (Lipinski definition) is 0. The number of nitro groups is 1. The van der Waals surface area contributed by atoms with Crippen molar-refractivity contribution in [2.24, 2.45) is 0 Å². The molecule has 0 fully saturated rings. The van der Waals surface area contributed by atoms with Gasteiger partial charge in [0.25, 0.3) is 0 Å². The zero-order chi connectivity index (χ0) is 19.0. The van der Waals surface area contributed by atoms with E-state index in [-0.39, 0.29) is 16.7 Å². The Morgan fingerprint density at radius 2 is 1.43 bits per heavy atom. The van der Waals surface area contributed by atoms with Gasteiger partial charge < -0.3 is 4.79 Å². The Kier molecular flexibility index (Phi) is 4.77. The largest absolute Gasteiger partial charge is 0.405 e. The molecule has 7 heteroatoms. The van der Waals surface area contributed by atoms with Crippen LogP contribution in [0.25, 0.3) is 0 Å². The first-order chi connectivity index (χ1) is 10.8. The van der Waals surface area contributed by atoms with Gasteiger partial charge in [0.1, 0.15) is 7.63 Å². The van der Waals surface area contributed by atoms with Gasteiger partial charge in [0.05, 0.1) is 0 Å². The second-order valence-electron chi connectivity index (χ2n) is 5.89. The Hall–Kier alpha value is -1.92. The van der Waals surface area contributed by atoms with E-state index in [0.29, 0.717) is 11.1 Å². The van der Waals surface area contributed by atoms with Gasteiger partial charge in [0, 0.05) is 11.3 Å². The second kappa shape index (κ2) is 6.29. The molecule has 1 atom stereocenters. The summed E-state index contributed by atoms with van der Waals surface area (Å²) < 4.78 is 48.9. The van der Waals surface area contributed by atoms with E-state index in [1.807, 2.05) is 0 Å². The van der Waals surface area contributed by atoms with E-state index in [4.69, 9.17) is 1.37 Å². The van der Waals surface area contributed by atoms with E-state index < -0.39 is 35.7 Å². The standard InChI is InChI=1S/C16H20F3NO3/c1-9-10(2)12(4)14(13(5)11(9)3)15(6-7-21,8-20(22)23)16(17,18)19/h7H,6,8H2,1-5H3/i7T. The number of nitrogens with zero attached hydrogens (tertiary/aromatic N) is 1. The first-order valence-electron chi connectivity index (χ1n) is 7.51. The quantitative estimate of drug-likeness (QED) is 0.466. The van der Waals surface area contributed by atoms with E-state index in [0.717, 1.165) is 5.56 Å². The topological polar surface area (TPSA) is 60.2 Å². The molecule has 1 aromatic rings. The molecule has 0 bridgehead atoms. The smallest absolute Gasteiger partial charge is 0.303 e. The average molecular weight is 333 g/mol. The van der Waals surface area contributed by atoms with Gasteiger partial charge in [0.2, 0.25) is 6.54 Å². The summed E-state index contributed by atoms with van der Waals surface area (Å²) in [5.74, 6) is 0. The summed E-state index contributed by atoms with van der Waals surface area (Å²) in [5, 5.41) is 11.0. The summed E-state index contributed by atoms with van der Waals surface area (Å²) in [5.41, 5.74) is -0.708. The minimum Gasteiger partial charge on any atom is -0.303 e. The summed E-state index contributed by atoms with van der Waals surface area (Å²) in [6, 6.07) is 0. The molecule has 0 spiro atoms. The van der Waals surface area contributed by atoms with Crippen LogP contribution in [0.4, 0.5) is 13.2 Å². The molecule has 0 amide bonds.